The summed E-state index contributed by atoms with van der Waals surface area (Å²) in [7, 11) is 3.54. The summed E-state index contributed by atoms with van der Waals surface area (Å²) >= 11 is 18.0. The second-order valence-electron chi connectivity index (χ2n) is 4.81. The molecular formula is C14H18Cl3NO3. The van der Waals surface area contributed by atoms with Crippen molar-refractivity contribution in [2.75, 3.05) is 27.4 Å². The van der Waals surface area contributed by atoms with Gasteiger partial charge in [0.25, 0.3) is 0 Å². The molecule has 0 aliphatic heterocycles. The predicted octanol–water partition coefficient (Wildman–Crippen LogP) is 3.42. The molecule has 0 spiro atoms. The third kappa shape index (κ3) is 4.15. The van der Waals surface area contributed by atoms with Gasteiger partial charge in [-0.15, -0.1) is 0 Å². The molecule has 0 radical (unpaired) electrons. The Hall–Kier alpha value is -0.230. The van der Waals surface area contributed by atoms with Gasteiger partial charge in [0.05, 0.1) is 28.3 Å². The number of halogens is 3. The zero-order valence-corrected chi connectivity index (χ0v) is 14.1. The summed E-state index contributed by atoms with van der Waals surface area (Å²) in [5, 5.41) is 4.46. The van der Waals surface area contributed by atoms with Crippen molar-refractivity contribution in [1.29, 1.82) is 0 Å². The Morgan fingerprint density at radius 3 is 2.52 bits per heavy atom. The quantitative estimate of drug-likeness (QED) is 0.601. The summed E-state index contributed by atoms with van der Waals surface area (Å²) in [5.41, 5.74) is 0. The summed E-state index contributed by atoms with van der Waals surface area (Å²) in [4.78, 5) is 0. The molecule has 1 aliphatic carbocycles. The summed E-state index contributed by atoms with van der Waals surface area (Å²) in [6, 6.07) is 3.47. The van der Waals surface area contributed by atoms with Gasteiger partial charge in [-0.25, -0.2) is 0 Å². The number of likely N-dealkylation sites (N-methyl/N-ethyl adjacent to an activating group) is 1. The van der Waals surface area contributed by atoms with E-state index in [0.29, 0.717) is 34.0 Å². The van der Waals surface area contributed by atoms with Crippen LogP contribution in [0.3, 0.4) is 0 Å². The van der Waals surface area contributed by atoms with Gasteiger partial charge in [0.15, 0.2) is 0 Å². The molecule has 7 heteroatoms. The Bertz CT molecular complexity index is 487. The Balaban J connectivity index is 2.00. The smallest absolute Gasteiger partial charge is 0.140 e. The van der Waals surface area contributed by atoms with Crippen LogP contribution in [-0.4, -0.2) is 45.6 Å². The highest BCUT2D eigenvalue weighted by Crippen LogP contribution is 2.37. The maximum atomic E-state index is 6.13. The second kappa shape index (κ2) is 7.86. The fourth-order valence-electron chi connectivity index (χ4n) is 2.23. The molecule has 2 rings (SSSR count). The molecule has 1 fully saturated rings. The lowest BCUT2D eigenvalue weighted by Gasteiger charge is -2.43. The second-order valence-corrected chi connectivity index (χ2v) is 6.03. The van der Waals surface area contributed by atoms with E-state index in [4.69, 9.17) is 49.0 Å². The fraction of sp³-hybridized carbons (Fsp3) is 0.571. The zero-order valence-electron chi connectivity index (χ0n) is 11.9. The average molecular weight is 355 g/mol. The number of rotatable bonds is 7. The lowest BCUT2D eigenvalue weighted by Crippen LogP contribution is -2.60. The molecule has 0 bridgehead atoms. The van der Waals surface area contributed by atoms with Crippen LogP contribution in [0.5, 0.6) is 5.75 Å². The van der Waals surface area contributed by atoms with Crippen molar-refractivity contribution in [1.82, 2.24) is 5.32 Å². The van der Waals surface area contributed by atoms with Crippen LogP contribution in [0, 0.1) is 0 Å². The Labute approximate surface area is 139 Å². The van der Waals surface area contributed by atoms with Crippen molar-refractivity contribution in [2.45, 2.75) is 24.7 Å². The highest BCUT2D eigenvalue weighted by Gasteiger charge is 2.43. The number of hydrogen-bond donors (Lipinski definition) is 1. The van der Waals surface area contributed by atoms with Gasteiger partial charge in [0.1, 0.15) is 18.0 Å². The topological polar surface area (TPSA) is 39.7 Å². The van der Waals surface area contributed by atoms with Crippen molar-refractivity contribution in [3.63, 3.8) is 0 Å². The average Bonchev–Trinajstić information content (AvgIpc) is 2.44. The lowest BCUT2D eigenvalue weighted by molar-refractivity contribution is -0.114. The number of benzene rings is 1. The van der Waals surface area contributed by atoms with Crippen LogP contribution in [0.4, 0.5) is 0 Å². The minimum absolute atomic E-state index is 0.0457. The van der Waals surface area contributed by atoms with E-state index < -0.39 is 0 Å². The SMILES string of the molecule is CNC1CC(Oc2cc(Cl)c(Cl)cc2Cl)C1OCCOC. The van der Waals surface area contributed by atoms with E-state index >= 15 is 0 Å². The summed E-state index contributed by atoms with van der Waals surface area (Å²) in [6.07, 6.45) is 0.717. The van der Waals surface area contributed by atoms with E-state index in [9.17, 15) is 0 Å². The molecule has 1 aromatic carbocycles. The van der Waals surface area contributed by atoms with Crippen molar-refractivity contribution in [3.05, 3.63) is 27.2 Å². The molecule has 3 unspecified atom stereocenters. The molecular weight excluding hydrogens is 337 g/mol. The van der Waals surface area contributed by atoms with Gasteiger partial charge in [-0.1, -0.05) is 34.8 Å². The molecule has 1 N–H and O–H groups in total. The number of ether oxygens (including phenoxy) is 3. The minimum atomic E-state index is -0.0750. The molecule has 1 aliphatic rings. The molecule has 0 amide bonds. The first-order valence-corrected chi connectivity index (χ1v) is 7.79. The predicted molar refractivity (Wildman–Crippen MR) is 85.0 cm³/mol. The van der Waals surface area contributed by atoms with E-state index in [2.05, 4.69) is 5.32 Å². The normalized spacial score (nSPS) is 24.7. The maximum absolute atomic E-state index is 6.13. The summed E-state index contributed by atoms with van der Waals surface area (Å²) in [5.74, 6) is 0.519. The van der Waals surface area contributed by atoms with Gasteiger partial charge >= 0.3 is 0 Å². The van der Waals surface area contributed by atoms with Gasteiger partial charge in [0, 0.05) is 25.6 Å². The van der Waals surface area contributed by atoms with Crippen LogP contribution in [0.15, 0.2) is 12.1 Å². The molecule has 0 heterocycles. The van der Waals surface area contributed by atoms with Gasteiger partial charge in [0.2, 0.25) is 0 Å². The molecule has 1 saturated carbocycles. The fourth-order valence-corrected chi connectivity index (χ4v) is 2.81. The minimum Gasteiger partial charge on any atom is -0.486 e. The Morgan fingerprint density at radius 2 is 1.86 bits per heavy atom. The van der Waals surface area contributed by atoms with Gasteiger partial charge in [-0.3, -0.25) is 0 Å². The van der Waals surface area contributed by atoms with E-state index in [1.54, 1.807) is 19.2 Å². The van der Waals surface area contributed by atoms with Gasteiger partial charge < -0.3 is 19.5 Å². The first kappa shape index (κ1) is 17.1. The van der Waals surface area contributed by atoms with Crippen molar-refractivity contribution in [3.8, 4) is 5.75 Å². The van der Waals surface area contributed by atoms with Crippen LogP contribution in [-0.2, 0) is 9.47 Å². The highest BCUT2D eigenvalue weighted by molar-refractivity contribution is 6.43. The summed E-state index contributed by atoms with van der Waals surface area (Å²) in [6.45, 7) is 1.07. The van der Waals surface area contributed by atoms with Crippen LogP contribution < -0.4 is 10.1 Å². The largest absolute Gasteiger partial charge is 0.486 e. The summed E-state index contributed by atoms with van der Waals surface area (Å²) < 4.78 is 16.7. The first-order chi connectivity index (χ1) is 10.1. The van der Waals surface area contributed by atoms with Crippen LogP contribution in [0.1, 0.15) is 6.42 Å². The molecule has 1 aromatic rings. The van der Waals surface area contributed by atoms with Crippen LogP contribution in [0.25, 0.3) is 0 Å². The molecule has 21 heavy (non-hydrogen) atoms. The van der Waals surface area contributed by atoms with E-state index in [1.807, 2.05) is 7.05 Å². The molecule has 4 nitrogen and oxygen atoms in total. The standard InChI is InChI=1S/C14H18Cl3NO3/c1-18-11-7-13(14(11)20-4-3-19-2)21-12-6-9(16)8(15)5-10(12)17/h5-6,11,13-14,18H,3-4,7H2,1-2H3. The number of methoxy groups -OCH3 is 1. The van der Waals surface area contributed by atoms with E-state index in [-0.39, 0.29) is 18.2 Å². The molecule has 0 aromatic heterocycles. The monoisotopic (exact) mass is 353 g/mol. The van der Waals surface area contributed by atoms with Crippen molar-refractivity contribution < 1.29 is 14.2 Å². The van der Waals surface area contributed by atoms with Gasteiger partial charge in [-0.2, -0.15) is 0 Å². The van der Waals surface area contributed by atoms with Crippen molar-refractivity contribution >= 4 is 34.8 Å². The number of nitrogens with one attached hydrogen (secondary N) is 1. The highest BCUT2D eigenvalue weighted by atomic mass is 35.5. The van der Waals surface area contributed by atoms with Crippen LogP contribution >= 0.6 is 34.8 Å². The Kier molecular flexibility index (Phi) is 6.41. The Morgan fingerprint density at radius 1 is 1.14 bits per heavy atom. The van der Waals surface area contributed by atoms with Crippen LogP contribution in [0.2, 0.25) is 15.1 Å². The van der Waals surface area contributed by atoms with Gasteiger partial charge in [-0.05, 0) is 13.1 Å². The van der Waals surface area contributed by atoms with Crippen molar-refractivity contribution in [2.24, 2.45) is 0 Å². The van der Waals surface area contributed by atoms with E-state index in [0.717, 1.165) is 6.42 Å². The maximum Gasteiger partial charge on any atom is 0.140 e. The zero-order chi connectivity index (χ0) is 15.4. The number of hydrogen-bond acceptors (Lipinski definition) is 4. The molecule has 0 saturated heterocycles. The first-order valence-electron chi connectivity index (χ1n) is 6.65. The third-order valence-corrected chi connectivity index (χ3v) is 4.49. The van der Waals surface area contributed by atoms with E-state index in [1.165, 1.54) is 0 Å². The lowest BCUT2D eigenvalue weighted by atomic mass is 9.85. The molecule has 118 valence electrons. The molecule has 3 atom stereocenters. The third-order valence-electron chi connectivity index (χ3n) is 3.47.